The lowest BCUT2D eigenvalue weighted by molar-refractivity contribution is 0.0998. The second kappa shape index (κ2) is 3.68. The molecule has 0 amide bonds. The van der Waals surface area contributed by atoms with Gasteiger partial charge in [0.25, 0.3) is 0 Å². The first-order chi connectivity index (χ1) is 5.74. The Morgan fingerprint density at radius 3 is 3.00 bits per heavy atom. The Balaban J connectivity index is 2.90. The fourth-order valence-electron chi connectivity index (χ4n) is 0.902. The lowest BCUT2D eigenvalue weighted by Crippen LogP contribution is -1.98. The molecule has 0 fully saturated rings. The van der Waals surface area contributed by atoms with Crippen molar-refractivity contribution in [3.8, 4) is 12.3 Å². The van der Waals surface area contributed by atoms with Crippen molar-refractivity contribution >= 4 is 5.78 Å². The summed E-state index contributed by atoms with van der Waals surface area (Å²) < 4.78 is 0. The molecule has 0 aromatic carbocycles. The van der Waals surface area contributed by atoms with E-state index in [1.165, 1.54) is 6.20 Å². The molecule has 0 bridgehead atoms. The van der Waals surface area contributed by atoms with Gasteiger partial charge in [-0.1, -0.05) is 5.92 Å². The Morgan fingerprint density at radius 2 is 2.42 bits per heavy atom. The summed E-state index contributed by atoms with van der Waals surface area (Å²) in [6, 6.07) is 1.78. The third-order valence-corrected chi connectivity index (χ3v) is 1.46. The summed E-state index contributed by atoms with van der Waals surface area (Å²) in [4.78, 5) is 15.1. The molecule has 0 unspecified atom stereocenters. The molecule has 0 saturated carbocycles. The van der Waals surface area contributed by atoms with Crippen molar-refractivity contribution in [3.63, 3.8) is 0 Å². The summed E-state index contributed by atoms with van der Waals surface area (Å²) in [5.74, 6) is 2.26. The first kappa shape index (κ1) is 8.48. The van der Waals surface area contributed by atoms with Crippen LogP contribution in [-0.2, 0) is 0 Å². The van der Waals surface area contributed by atoms with Gasteiger partial charge in [0, 0.05) is 18.0 Å². The van der Waals surface area contributed by atoms with Gasteiger partial charge in [0.2, 0.25) is 0 Å². The SMILES string of the molecule is C#CCC(=O)c1cncc(C)c1. The van der Waals surface area contributed by atoms with Gasteiger partial charge in [-0.05, 0) is 18.6 Å². The van der Waals surface area contributed by atoms with Crippen molar-refractivity contribution in [1.82, 2.24) is 4.98 Å². The van der Waals surface area contributed by atoms with Crippen LogP contribution in [0.2, 0.25) is 0 Å². The first-order valence-electron chi connectivity index (χ1n) is 3.62. The molecular weight excluding hydrogens is 150 g/mol. The quantitative estimate of drug-likeness (QED) is 0.484. The highest BCUT2D eigenvalue weighted by molar-refractivity contribution is 5.97. The molecule has 2 heteroatoms. The van der Waals surface area contributed by atoms with Crippen LogP contribution in [-0.4, -0.2) is 10.8 Å². The number of ketones is 1. The number of hydrogen-bond acceptors (Lipinski definition) is 2. The minimum absolute atomic E-state index is 0.0475. The van der Waals surface area contributed by atoms with E-state index in [-0.39, 0.29) is 12.2 Å². The highest BCUT2D eigenvalue weighted by Crippen LogP contribution is 2.03. The van der Waals surface area contributed by atoms with E-state index in [1.54, 1.807) is 12.3 Å². The minimum atomic E-state index is -0.0475. The standard InChI is InChI=1S/C10H9NO/c1-3-4-10(12)9-5-8(2)6-11-7-9/h1,5-7H,4H2,2H3. The van der Waals surface area contributed by atoms with Crippen LogP contribution in [0, 0.1) is 19.3 Å². The Bertz CT molecular complexity index is 336. The molecule has 0 N–H and O–H groups in total. The van der Waals surface area contributed by atoms with E-state index in [0.717, 1.165) is 5.56 Å². The van der Waals surface area contributed by atoms with Gasteiger partial charge in [-0.25, -0.2) is 0 Å². The summed E-state index contributed by atoms with van der Waals surface area (Å²) in [5.41, 5.74) is 1.56. The maximum Gasteiger partial charge on any atom is 0.176 e. The number of terminal acetylenes is 1. The summed E-state index contributed by atoms with van der Waals surface area (Å²) in [7, 11) is 0. The Labute approximate surface area is 71.6 Å². The van der Waals surface area contributed by atoms with Crippen LogP contribution in [0.5, 0.6) is 0 Å². The summed E-state index contributed by atoms with van der Waals surface area (Å²) >= 11 is 0. The van der Waals surface area contributed by atoms with Crippen LogP contribution >= 0.6 is 0 Å². The van der Waals surface area contributed by atoms with Crippen molar-refractivity contribution in [3.05, 3.63) is 29.6 Å². The minimum Gasteiger partial charge on any atom is -0.293 e. The van der Waals surface area contributed by atoms with Crippen molar-refractivity contribution in [2.24, 2.45) is 0 Å². The fourth-order valence-corrected chi connectivity index (χ4v) is 0.902. The number of hydrogen-bond donors (Lipinski definition) is 0. The van der Waals surface area contributed by atoms with Crippen LogP contribution in [0.4, 0.5) is 0 Å². The van der Waals surface area contributed by atoms with E-state index < -0.39 is 0 Å². The third-order valence-electron chi connectivity index (χ3n) is 1.46. The topological polar surface area (TPSA) is 30.0 Å². The summed E-state index contributed by atoms with van der Waals surface area (Å²) in [6.45, 7) is 1.89. The highest BCUT2D eigenvalue weighted by Gasteiger charge is 2.03. The van der Waals surface area contributed by atoms with Crippen LogP contribution in [0.3, 0.4) is 0 Å². The summed E-state index contributed by atoms with van der Waals surface area (Å²) in [6.07, 6.45) is 8.39. The molecule has 0 atom stereocenters. The Kier molecular flexibility index (Phi) is 2.60. The zero-order chi connectivity index (χ0) is 8.97. The van der Waals surface area contributed by atoms with Gasteiger partial charge in [-0.15, -0.1) is 6.42 Å². The lowest BCUT2D eigenvalue weighted by Gasteiger charge is -1.96. The van der Waals surface area contributed by atoms with E-state index in [9.17, 15) is 4.79 Å². The maximum atomic E-state index is 11.2. The van der Waals surface area contributed by atoms with Gasteiger partial charge in [0.1, 0.15) is 0 Å². The second-order valence-electron chi connectivity index (χ2n) is 2.56. The number of aryl methyl sites for hydroxylation is 1. The molecule has 0 radical (unpaired) electrons. The highest BCUT2D eigenvalue weighted by atomic mass is 16.1. The van der Waals surface area contributed by atoms with Gasteiger partial charge in [-0.3, -0.25) is 9.78 Å². The number of Topliss-reactive ketones (excluding diaryl/α,β-unsaturated/α-hetero) is 1. The first-order valence-corrected chi connectivity index (χ1v) is 3.62. The number of rotatable bonds is 2. The van der Waals surface area contributed by atoms with Crippen molar-refractivity contribution in [2.75, 3.05) is 0 Å². The lowest BCUT2D eigenvalue weighted by atomic mass is 10.1. The molecule has 1 rings (SSSR count). The van der Waals surface area contributed by atoms with Crippen molar-refractivity contribution in [2.45, 2.75) is 13.3 Å². The summed E-state index contributed by atoms with van der Waals surface area (Å²) in [5, 5.41) is 0. The molecule has 0 aliphatic heterocycles. The van der Waals surface area contributed by atoms with E-state index in [0.29, 0.717) is 5.56 Å². The predicted octanol–water partition coefficient (Wildman–Crippen LogP) is 1.60. The van der Waals surface area contributed by atoms with Crippen molar-refractivity contribution in [1.29, 1.82) is 0 Å². The van der Waals surface area contributed by atoms with Gasteiger partial charge in [0.15, 0.2) is 5.78 Å². The largest absolute Gasteiger partial charge is 0.293 e. The molecule has 1 aromatic heterocycles. The van der Waals surface area contributed by atoms with E-state index in [4.69, 9.17) is 6.42 Å². The third kappa shape index (κ3) is 1.93. The smallest absolute Gasteiger partial charge is 0.176 e. The molecule has 60 valence electrons. The number of carbonyl (C=O) groups is 1. The van der Waals surface area contributed by atoms with E-state index >= 15 is 0 Å². The molecule has 0 aliphatic rings. The predicted molar refractivity (Wildman–Crippen MR) is 46.8 cm³/mol. The molecule has 0 saturated heterocycles. The maximum absolute atomic E-state index is 11.2. The number of pyridine rings is 1. The number of aromatic nitrogens is 1. The van der Waals surface area contributed by atoms with Crippen LogP contribution in [0.25, 0.3) is 0 Å². The fraction of sp³-hybridized carbons (Fsp3) is 0.200. The molecule has 0 spiro atoms. The number of nitrogens with zero attached hydrogens (tertiary/aromatic N) is 1. The molecule has 2 nitrogen and oxygen atoms in total. The zero-order valence-corrected chi connectivity index (χ0v) is 6.87. The van der Waals surface area contributed by atoms with Gasteiger partial charge in [0.05, 0.1) is 6.42 Å². The number of carbonyl (C=O) groups excluding carboxylic acids is 1. The molecule has 1 aromatic rings. The van der Waals surface area contributed by atoms with Crippen molar-refractivity contribution < 1.29 is 4.79 Å². The Morgan fingerprint density at radius 1 is 1.67 bits per heavy atom. The average Bonchev–Trinajstić information content (AvgIpc) is 2.05. The second-order valence-corrected chi connectivity index (χ2v) is 2.56. The van der Waals surface area contributed by atoms with Gasteiger partial charge < -0.3 is 0 Å². The monoisotopic (exact) mass is 159 g/mol. The van der Waals surface area contributed by atoms with E-state index in [2.05, 4.69) is 10.9 Å². The van der Waals surface area contributed by atoms with Crippen LogP contribution in [0.15, 0.2) is 18.5 Å². The molecule has 0 aliphatic carbocycles. The molecule has 12 heavy (non-hydrogen) atoms. The molecule has 1 heterocycles. The van der Waals surface area contributed by atoms with Crippen LogP contribution < -0.4 is 0 Å². The average molecular weight is 159 g/mol. The molecular formula is C10H9NO. The van der Waals surface area contributed by atoms with Gasteiger partial charge >= 0.3 is 0 Å². The zero-order valence-electron chi connectivity index (χ0n) is 6.87. The van der Waals surface area contributed by atoms with Gasteiger partial charge in [-0.2, -0.15) is 0 Å². The van der Waals surface area contributed by atoms with Crippen LogP contribution in [0.1, 0.15) is 22.3 Å². The Hall–Kier alpha value is -1.62. The normalized spacial score (nSPS) is 9.00. The van der Waals surface area contributed by atoms with E-state index in [1.807, 2.05) is 6.92 Å².